The van der Waals surface area contributed by atoms with Gasteiger partial charge in [0.2, 0.25) is 0 Å². The number of nitrogens with one attached hydrogen (secondary N) is 1. The first-order valence-corrected chi connectivity index (χ1v) is 6.76. The summed E-state index contributed by atoms with van der Waals surface area (Å²) in [6, 6.07) is 13.7. The van der Waals surface area contributed by atoms with Gasteiger partial charge in [-0.15, -0.1) is 0 Å². The number of hydrogen-bond acceptors (Lipinski definition) is 4. The molecule has 0 bridgehead atoms. The molecule has 0 aliphatic rings. The van der Waals surface area contributed by atoms with Crippen molar-refractivity contribution in [1.82, 2.24) is 0 Å². The molecule has 2 aromatic carbocycles. The van der Waals surface area contributed by atoms with Crippen LogP contribution in [0.25, 0.3) is 0 Å². The Hall–Kier alpha value is -2.82. The number of rotatable bonds is 6. The van der Waals surface area contributed by atoms with Gasteiger partial charge < -0.3 is 14.8 Å². The van der Waals surface area contributed by atoms with E-state index < -0.39 is 0 Å². The molecule has 0 aromatic heterocycles. The van der Waals surface area contributed by atoms with E-state index in [1.54, 1.807) is 55.6 Å². The fourth-order valence-corrected chi connectivity index (χ4v) is 1.83. The molecule has 0 saturated carbocycles. The first-order valence-electron chi connectivity index (χ1n) is 6.76. The minimum atomic E-state index is -0.279. The standard InChI is InChI=1S/C17H17NO4/c1-12(19)13-6-8-14(9-7-13)18-17(20)11-22-16-5-3-4-15(10-16)21-2/h3-10H,11H2,1-2H3,(H,18,20). The maximum atomic E-state index is 11.8. The molecule has 0 aliphatic carbocycles. The minimum Gasteiger partial charge on any atom is -0.497 e. The van der Waals surface area contributed by atoms with E-state index in [1.165, 1.54) is 6.92 Å². The summed E-state index contributed by atoms with van der Waals surface area (Å²) < 4.78 is 10.5. The monoisotopic (exact) mass is 299 g/mol. The molecule has 2 rings (SSSR count). The fraction of sp³-hybridized carbons (Fsp3) is 0.176. The van der Waals surface area contributed by atoms with Crippen LogP contribution in [0.2, 0.25) is 0 Å². The average Bonchev–Trinajstić information content (AvgIpc) is 2.53. The third-order valence-electron chi connectivity index (χ3n) is 2.99. The molecule has 5 nitrogen and oxygen atoms in total. The third kappa shape index (κ3) is 4.34. The molecule has 0 atom stereocenters. The topological polar surface area (TPSA) is 64.6 Å². The zero-order valence-electron chi connectivity index (χ0n) is 12.5. The molecule has 0 heterocycles. The van der Waals surface area contributed by atoms with Gasteiger partial charge in [-0.2, -0.15) is 0 Å². The van der Waals surface area contributed by atoms with Gasteiger partial charge in [-0.25, -0.2) is 0 Å². The van der Waals surface area contributed by atoms with Crippen LogP contribution in [0.3, 0.4) is 0 Å². The summed E-state index contributed by atoms with van der Waals surface area (Å²) in [7, 11) is 1.57. The second-order valence-electron chi connectivity index (χ2n) is 4.65. The summed E-state index contributed by atoms with van der Waals surface area (Å²) in [4.78, 5) is 23.0. The lowest BCUT2D eigenvalue weighted by molar-refractivity contribution is -0.118. The summed E-state index contributed by atoms with van der Waals surface area (Å²) in [5.74, 6) is 0.928. The van der Waals surface area contributed by atoms with Crippen LogP contribution >= 0.6 is 0 Å². The number of benzene rings is 2. The molecule has 0 fully saturated rings. The zero-order valence-corrected chi connectivity index (χ0v) is 12.5. The number of carbonyl (C=O) groups excluding carboxylic acids is 2. The molecule has 0 unspecified atom stereocenters. The van der Waals surface area contributed by atoms with Crippen molar-refractivity contribution in [3.8, 4) is 11.5 Å². The van der Waals surface area contributed by atoms with Gasteiger partial charge in [0.1, 0.15) is 11.5 Å². The molecule has 0 spiro atoms. The van der Waals surface area contributed by atoms with Crippen LogP contribution in [-0.2, 0) is 4.79 Å². The Labute approximate surface area is 128 Å². The molecule has 2 aromatic rings. The van der Waals surface area contributed by atoms with Crippen LogP contribution in [0.5, 0.6) is 11.5 Å². The molecule has 1 amide bonds. The summed E-state index contributed by atoms with van der Waals surface area (Å²) >= 11 is 0. The Morgan fingerprint density at radius 1 is 1.05 bits per heavy atom. The van der Waals surface area contributed by atoms with Crippen molar-refractivity contribution in [1.29, 1.82) is 0 Å². The van der Waals surface area contributed by atoms with Gasteiger partial charge in [-0.05, 0) is 43.3 Å². The Kier molecular flexibility index (Phi) is 5.14. The number of ketones is 1. The fourth-order valence-electron chi connectivity index (χ4n) is 1.83. The number of amides is 1. The van der Waals surface area contributed by atoms with Crippen LogP contribution < -0.4 is 14.8 Å². The quantitative estimate of drug-likeness (QED) is 0.833. The van der Waals surface area contributed by atoms with E-state index in [1.807, 2.05) is 0 Å². The van der Waals surface area contributed by atoms with Crippen molar-refractivity contribution in [3.63, 3.8) is 0 Å². The number of hydrogen-bond donors (Lipinski definition) is 1. The lowest BCUT2D eigenvalue weighted by Gasteiger charge is -2.08. The van der Waals surface area contributed by atoms with E-state index >= 15 is 0 Å². The molecule has 1 N–H and O–H groups in total. The van der Waals surface area contributed by atoms with Crippen LogP contribution in [-0.4, -0.2) is 25.4 Å². The molecular weight excluding hydrogens is 282 g/mol. The van der Waals surface area contributed by atoms with Crippen LogP contribution in [0.15, 0.2) is 48.5 Å². The third-order valence-corrected chi connectivity index (χ3v) is 2.99. The predicted molar refractivity (Wildman–Crippen MR) is 83.6 cm³/mol. The predicted octanol–water partition coefficient (Wildman–Crippen LogP) is 2.92. The van der Waals surface area contributed by atoms with Gasteiger partial charge in [0.25, 0.3) is 5.91 Å². The highest BCUT2D eigenvalue weighted by atomic mass is 16.5. The normalized spacial score (nSPS) is 9.91. The molecule has 22 heavy (non-hydrogen) atoms. The summed E-state index contributed by atoms with van der Waals surface area (Å²) in [6.45, 7) is 1.39. The van der Waals surface area contributed by atoms with E-state index in [4.69, 9.17) is 9.47 Å². The van der Waals surface area contributed by atoms with Crippen LogP contribution in [0.1, 0.15) is 17.3 Å². The van der Waals surface area contributed by atoms with E-state index in [0.717, 1.165) is 0 Å². The van der Waals surface area contributed by atoms with Crippen LogP contribution in [0, 0.1) is 0 Å². The van der Waals surface area contributed by atoms with E-state index in [0.29, 0.717) is 22.7 Å². The smallest absolute Gasteiger partial charge is 0.262 e. The Balaban J connectivity index is 1.88. The number of ether oxygens (including phenoxy) is 2. The number of anilines is 1. The maximum absolute atomic E-state index is 11.8. The van der Waals surface area contributed by atoms with Crippen molar-refractivity contribution in [2.75, 3.05) is 19.0 Å². The highest BCUT2D eigenvalue weighted by Gasteiger charge is 2.05. The van der Waals surface area contributed by atoms with Crippen molar-refractivity contribution < 1.29 is 19.1 Å². The molecule has 5 heteroatoms. The summed E-state index contributed by atoms with van der Waals surface area (Å²) in [6.07, 6.45) is 0. The molecule has 0 radical (unpaired) electrons. The highest BCUT2D eigenvalue weighted by Crippen LogP contribution is 2.18. The van der Waals surface area contributed by atoms with Gasteiger partial charge in [0.05, 0.1) is 7.11 Å². The zero-order chi connectivity index (χ0) is 15.9. The van der Waals surface area contributed by atoms with Crippen molar-refractivity contribution in [2.45, 2.75) is 6.92 Å². The second-order valence-corrected chi connectivity index (χ2v) is 4.65. The van der Waals surface area contributed by atoms with Crippen LogP contribution in [0.4, 0.5) is 5.69 Å². The van der Waals surface area contributed by atoms with Crippen molar-refractivity contribution in [3.05, 3.63) is 54.1 Å². The van der Waals surface area contributed by atoms with Gasteiger partial charge in [-0.3, -0.25) is 9.59 Å². The maximum Gasteiger partial charge on any atom is 0.262 e. The van der Waals surface area contributed by atoms with Gasteiger partial charge in [-0.1, -0.05) is 6.07 Å². The van der Waals surface area contributed by atoms with Crippen molar-refractivity contribution in [2.24, 2.45) is 0 Å². The van der Waals surface area contributed by atoms with Gasteiger partial charge in [0, 0.05) is 17.3 Å². The SMILES string of the molecule is COc1cccc(OCC(=O)Nc2ccc(C(C)=O)cc2)c1. The van der Waals surface area contributed by atoms with E-state index in [9.17, 15) is 9.59 Å². The molecule has 0 saturated heterocycles. The lowest BCUT2D eigenvalue weighted by atomic mass is 10.1. The van der Waals surface area contributed by atoms with E-state index in [-0.39, 0.29) is 18.3 Å². The first kappa shape index (κ1) is 15.6. The molecule has 114 valence electrons. The average molecular weight is 299 g/mol. The number of methoxy groups -OCH3 is 1. The van der Waals surface area contributed by atoms with E-state index in [2.05, 4.69) is 5.32 Å². The van der Waals surface area contributed by atoms with Crippen molar-refractivity contribution >= 4 is 17.4 Å². The Bertz CT molecular complexity index is 665. The lowest BCUT2D eigenvalue weighted by Crippen LogP contribution is -2.20. The molecular formula is C17H17NO4. The summed E-state index contributed by atoms with van der Waals surface area (Å²) in [5.41, 5.74) is 1.22. The number of carbonyl (C=O) groups is 2. The largest absolute Gasteiger partial charge is 0.497 e. The molecule has 0 aliphatic heterocycles. The minimum absolute atomic E-state index is 0.0146. The van der Waals surface area contributed by atoms with Gasteiger partial charge in [0.15, 0.2) is 12.4 Å². The Morgan fingerprint density at radius 2 is 1.73 bits per heavy atom. The second kappa shape index (κ2) is 7.26. The Morgan fingerprint density at radius 3 is 2.36 bits per heavy atom. The highest BCUT2D eigenvalue weighted by molar-refractivity contribution is 5.95. The first-order chi connectivity index (χ1) is 10.6. The van der Waals surface area contributed by atoms with Gasteiger partial charge >= 0.3 is 0 Å². The summed E-state index contributed by atoms with van der Waals surface area (Å²) in [5, 5.41) is 2.70. The number of Topliss-reactive ketones (excluding diaryl/α,β-unsaturated/α-hetero) is 1.